The molecule has 2 aromatic heterocycles. The summed E-state index contributed by atoms with van der Waals surface area (Å²) in [7, 11) is 1.67. The molecule has 1 unspecified atom stereocenters. The Kier molecular flexibility index (Phi) is 8.67. The number of aromatic nitrogens is 3. The van der Waals surface area contributed by atoms with Crippen molar-refractivity contribution in [3.63, 3.8) is 0 Å². The second-order valence-electron chi connectivity index (χ2n) is 13.0. The minimum atomic E-state index is -0.789. The van der Waals surface area contributed by atoms with E-state index in [2.05, 4.69) is 15.0 Å². The van der Waals surface area contributed by atoms with Crippen molar-refractivity contribution in [1.29, 1.82) is 0 Å². The Morgan fingerprint density at radius 2 is 1.79 bits per heavy atom. The van der Waals surface area contributed by atoms with Crippen molar-refractivity contribution in [1.82, 2.24) is 24.8 Å². The number of aromatic amines is 1. The number of ether oxygens (including phenoxy) is 2. The van der Waals surface area contributed by atoms with E-state index in [0.717, 1.165) is 10.5 Å². The summed E-state index contributed by atoms with van der Waals surface area (Å²) in [5.41, 5.74) is 2.72. The van der Waals surface area contributed by atoms with Crippen molar-refractivity contribution in [2.75, 3.05) is 20.1 Å². The van der Waals surface area contributed by atoms with E-state index in [-0.39, 0.29) is 18.2 Å². The van der Waals surface area contributed by atoms with Crippen LogP contribution in [0.2, 0.25) is 0 Å². The molecule has 10 nitrogen and oxygen atoms in total. The fourth-order valence-electron chi connectivity index (χ4n) is 4.87. The first kappa shape index (κ1) is 31.7. The van der Waals surface area contributed by atoms with Crippen LogP contribution in [0.15, 0.2) is 35.9 Å². The van der Waals surface area contributed by atoms with E-state index in [1.807, 2.05) is 33.8 Å². The third-order valence-corrected chi connectivity index (χ3v) is 6.79. The molecule has 1 aliphatic rings. The molecule has 0 bridgehead atoms. The summed E-state index contributed by atoms with van der Waals surface area (Å²) < 4.78 is 25.4. The molecule has 230 valence electrons. The molecule has 0 aliphatic carbocycles. The number of likely N-dealkylation sites (N-methyl/N-ethyl adjacent to an activating group) is 1. The van der Waals surface area contributed by atoms with Crippen LogP contribution in [0.5, 0.6) is 0 Å². The van der Waals surface area contributed by atoms with Crippen LogP contribution < -0.4 is 0 Å². The van der Waals surface area contributed by atoms with Gasteiger partial charge in [-0.25, -0.2) is 24.5 Å². The Labute approximate surface area is 251 Å². The van der Waals surface area contributed by atoms with Crippen molar-refractivity contribution in [3.05, 3.63) is 58.8 Å². The number of H-pyrrole nitrogens is 1. The van der Waals surface area contributed by atoms with Crippen LogP contribution in [0.1, 0.15) is 82.6 Å². The SMILES string of the molecule is CC(=CCC1CN(C(=O)OC(C)(C)C)C(=O)c2cc(-c3cccc4nc(C)c(F)nc34)[nH]c21)CN(C)C(=O)OC(C)(C)C. The largest absolute Gasteiger partial charge is 0.444 e. The summed E-state index contributed by atoms with van der Waals surface area (Å²) in [4.78, 5) is 53.6. The number of allylic oxidation sites excluding steroid dienone is 1. The number of hydrogen-bond acceptors (Lipinski definition) is 7. The van der Waals surface area contributed by atoms with Gasteiger partial charge in [-0.2, -0.15) is 4.39 Å². The molecule has 3 aromatic rings. The lowest BCUT2D eigenvalue weighted by atomic mass is 9.92. The first-order chi connectivity index (χ1) is 19.9. The Hall–Kier alpha value is -4.28. The van der Waals surface area contributed by atoms with E-state index in [4.69, 9.17) is 9.47 Å². The molecule has 0 saturated heterocycles. The van der Waals surface area contributed by atoms with Gasteiger partial charge in [-0.15, -0.1) is 0 Å². The van der Waals surface area contributed by atoms with Gasteiger partial charge in [0.1, 0.15) is 16.7 Å². The van der Waals surface area contributed by atoms with Crippen molar-refractivity contribution in [2.24, 2.45) is 0 Å². The van der Waals surface area contributed by atoms with E-state index in [1.165, 1.54) is 4.90 Å². The smallest absolute Gasteiger partial charge is 0.417 e. The minimum absolute atomic E-state index is 0.0928. The fourth-order valence-corrected chi connectivity index (χ4v) is 4.87. The predicted molar refractivity (Wildman–Crippen MR) is 161 cm³/mol. The summed E-state index contributed by atoms with van der Waals surface area (Å²) in [6, 6.07) is 7.00. The molecule has 1 aromatic carbocycles. The van der Waals surface area contributed by atoms with Crippen LogP contribution in [0, 0.1) is 12.9 Å². The number of halogens is 1. The Morgan fingerprint density at radius 3 is 2.44 bits per heavy atom. The first-order valence-corrected chi connectivity index (χ1v) is 14.2. The van der Waals surface area contributed by atoms with Crippen molar-refractivity contribution in [2.45, 2.75) is 78.9 Å². The molecule has 0 radical (unpaired) electrons. The fraction of sp³-hybridized carbons (Fsp3) is 0.469. The number of rotatable bonds is 5. The summed E-state index contributed by atoms with van der Waals surface area (Å²) in [5, 5.41) is 0. The van der Waals surface area contributed by atoms with Gasteiger partial charge in [0.25, 0.3) is 5.91 Å². The highest BCUT2D eigenvalue weighted by Crippen LogP contribution is 2.36. The van der Waals surface area contributed by atoms with E-state index in [0.29, 0.717) is 46.5 Å². The second-order valence-corrected chi connectivity index (χ2v) is 13.0. The van der Waals surface area contributed by atoms with Gasteiger partial charge in [-0.05, 0) is 73.9 Å². The quantitative estimate of drug-likeness (QED) is 0.325. The maximum absolute atomic E-state index is 14.4. The Morgan fingerprint density at radius 1 is 1.12 bits per heavy atom. The lowest BCUT2D eigenvalue weighted by Crippen LogP contribution is -2.46. The summed E-state index contributed by atoms with van der Waals surface area (Å²) in [5.74, 6) is -1.45. The lowest BCUT2D eigenvalue weighted by molar-refractivity contribution is 0.0215. The molecule has 0 fully saturated rings. The third kappa shape index (κ3) is 7.39. The number of nitrogens with one attached hydrogen (secondary N) is 1. The molecule has 3 amide bonds. The van der Waals surface area contributed by atoms with E-state index < -0.39 is 35.2 Å². The number of aryl methyl sites for hydroxylation is 1. The zero-order valence-electron chi connectivity index (χ0n) is 26.3. The van der Waals surface area contributed by atoms with E-state index in [1.54, 1.807) is 59.0 Å². The van der Waals surface area contributed by atoms with Gasteiger partial charge in [0.15, 0.2) is 0 Å². The van der Waals surface area contributed by atoms with Crippen LogP contribution in [-0.2, 0) is 9.47 Å². The number of imide groups is 1. The number of fused-ring (bicyclic) bond motifs is 2. The average molecular weight is 594 g/mol. The minimum Gasteiger partial charge on any atom is -0.444 e. The second kappa shape index (κ2) is 11.8. The van der Waals surface area contributed by atoms with Gasteiger partial charge >= 0.3 is 12.2 Å². The third-order valence-electron chi connectivity index (χ3n) is 6.79. The topological polar surface area (TPSA) is 118 Å². The maximum Gasteiger partial charge on any atom is 0.417 e. The number of nitrogens with zero attached hydrogens (tertiary/aromatic N) is 4. The van der Waals surface area contributed by atoms with Gasteiger partial charge < -0.3 is 19.4 Å². The Balaban J connectivity index is 1.69. The number of amides is 3. The number of hydrogen-bond donors (Lipinski definition) is 1. The zero-order valence-corrected chi connectivity index (χ0v) is 26.3. The van der Waals surface area contributed by atoms with Crippen molar-refractivity contribution < 1.29 is 28.2 Å². The van der Waals surface area contributed by atoms with E-state index >= 15 is 0 Å². The average Bonchev–Trinajstić information content (AvgIpc) is 3.32. The molecular formula is C32H40FN5O5. The number of benzene rings is 1. The first-order valence-electron chi connectivity index (χ1n) is 14.2. The molecule has 3 heterocycles. The van der Waals surface area contributed by atoms with Crippen LogP contribution in [0.25, 0.3) is 22.3 Å². The summed E-state index contributed by atoms with van der Waals surface area (Å²) >= 11 is 0. The number of carbonyl (C=O) groups excluding carboxylic acids is 3. The van der Waals surface area contributed by atoms with Crippen LogP contribution >= 0.6 is 0 Å². The van der Waals surface area contributed by atoms with Crippen molar-refractivity contribution in [3.8, 4) is 11.3 Å². The Bertz CT molecular complexity index is 1600. The highest BCUT2D eigenvalue weighted by molar-refractivity contribution is 6.06. The molecule has 0 spiro atoms. The maximum atomic E-state index is 14.4. The van der Waals surface area contributed by atoms with Gasteiger partial charge in [0.2, 0.25) is 5.95 Å². The van der Waals surface area contributed by atoms with Gasteiger partial charge in [-0.3, -0.25) is 4.79 Å². The monoisotopic (exact) mass is 593 g/mol. The highest BCUT2D eigenvalue weighted by atomic mass is 19.1. The van der Waals surface area contributed by atoms with E-state index in [9.17, 15) is 18.8 Å². The highest BCUT2D eigenvalue weighted by Gasteiger charge is 2.38. The lowest BCUT2D eigenvalue weighted by Gasteiger charge is -2.32. The molecule has 0 saturated carbocycles. The van der Waals surface area contributed by atoms with Crippen molar-refractivity contribution >= 4 is 29.1 Å². The van der Waals surface area contributed by atoms with Crippen LogP contribution in [0.4, 0.5) is 14.0 Å². The number of carbonyl (C=O) groups is 3. The molecular weight excluding hydrogens is 553 g/mol. The molecule has 1 atom stereocenters. The van der Waals surface area contributed by atoms with Gasteiger partial charge in [0, 0.05) is 43.0 Å². The summed E-state index contributed by atoms with van der Waals surface area (Å²) in [6.07, 6.45) is 1.30. The predicted octanol–water partition coefficient (Wildman–Crippen LogP) is 6.75. The normalized spacial score (nSPS) is 15.9. The van der Waals surface area contributed by atoms with Crippen LogP contribution in [-0.4, -0.2) is 74.2 Å². The molecule has 43 heavy (non-hydrogen) atoms. The van der Waals surface area contributed by atoms with Crippen LogP contribution in [0.3, 0.4) is 0 Å². The zero-order chi connectivity index (χ0) is 31.9. The molecule has 11 heteroatoms. The number of para-hydroxylation sites is 1. The summed E-state index contributed by atoms with van der Waals surface area (Å²) in [6.45, 7) is 14.6. The van der Waals surface area contributed by atoms with Gasteiger partial charge in [-0.1, -0.05) is 23.8 Å². The molecule has 4 rings (SSSR count). The van der Waals surface area contributed by atoms with Gasteiger partial charge in [0.05, 0.1) is 16.8 Å². The molecule has 1 N–H and O–H groups in total. The standard InChI is InChI=1S/C32H40FN5O5/c1-18(16-37(9)29(40)42-31(3,4)5)13-14-20-17-38(30(41)43-32(6,7)8)28(39)22-15-24(35-25(20)22)21-11-10-12-23-26(21)36-27(33)19(2)34-23/h10-13,15,20,35H,14,16-17H2,1-9H3. The molecule has 1 aliphatic heterocycles.